The largest absolute Gasteiger partial charge is 0.306 e. The average molecular weight is 158 g/mol. The fraction of sp³-hybridized carbons (Fsp3) is 0.100. The summed E-state index contributed by atoms with van der Waals surface area (Å²) in [6.07, 6.45) is 5.52. The van der Waals surface area contributed by atoms with Gasteiger partial charge in [-0.25, -0.2) is 4.98 Å². The molecule has 0 N–H and O–H groups in total. The normalized spacial score (nSPS) is 10.1. The summed E-state index contributed by atoms with van der Waals surface area (Å²) in [5.74, 6) is 0. The van der Waals surface area contributed by atoms with Crippen LogP contribution in [0.15, 0.2) is 43.0 Å². The molecule has 2 rings (SSSR count). The van der Waals surface area contributed by atoms with Crippen LogP contribution in [0.3, 0.4) is 0 Å². The van der Waals surface area contributed by atoms with Crippen molar-refractivity contribution in [2.75, 3.05) is 0 Å². The maximum atomic E-state index is 3.99. The van der Waals surface area contributed by atoms with Crippen molar-refractivity contribution in [3.8, 4) is 5.69 Å². The van der Waals surface area contributed by atoms with Gasteiger partial charge in [0.25, 0.3) is 0 Å². The Morgan fingerprint density at radius 1 is 1.33 bits per heavy atom. The molecule has 0 bridgehead atoms. The fourth-order valence-electron chi connectivity index (χ4n) is 1.20. The van der Waals surface area contributed by atoms with Gasteiger partial charge in [-0.05, 0) is 24.6 Å². The van der Waals surface area contributed by atoms with Gasteiger partial charge in [0.05, 0.1) is 6.33 Å². The van der Waals surface area contributed by atoms with Crippen LogP contribution in [0.5, 0.6) is 0 Å². The van der Waals surface area contributed by atoms with E-state index in [1.165, 1.54) is 5.56 Å². The van der Waals surface area contributed by atoms with Crippen LogP contribution in [-0.4, -0.2) is 9.55 Å². The summed E-state index contributed by atoms with van der Waals surface area (Å²) in [6, 6.07) is 8.32. The summed E-state index contributed by atoms with van der Waals surface area (Å²) < 4.78 is 1.99. The molecule has 0 atom stereocenters. The van der Waals surface area contributed by atoms with E-state index in [0.29, 0.717) is 0 Å². The van der Waals surface area contributed by atoms with Gasteiger partial charge in [-0.15, -0.1) is 0 Å². The number of aromatic nitrogens is 2. The lowest BCUT2D eigenvalue weighted by molar-refractivity contribution is 1.05. The SMILES string of the molecule is Cc1cccc(-n2ccnc2)c1. The Kier molecular flexibility index (Phi) is 1.67. The van der Waals surface area contributed by atoms with Crippen LogP contribution in [0.4, 0.5) is 0 Å². The first-order valence-corrected chi connectivity index (χ1v) is 3.91. The zero-order valence-corrected chi connectivity index (χ0v) is 6.94. The monoisotopic (exact) mass is 158 g/mol. The van der Waals surface area contributed by atoms with Gasteiger partial charge in [0.2, 0.25) is 0 Å². The standard InChI is InChI=1S/C10H10N2/c1-9-3-2-4-10(7-9)12-6-5-11-8-12/h2-8H,1H3. The third-order valence-corrected chi connectivity index (χ3v) is 1.80. The molecular formula is C10H10N2. The van der Waals surface area contributed by atoms with Gasteiger partial charge in [-0.2, -0.15) is 0 Å². The molecular weight excluding hydrogens is 148 g/mol. The van der Waals surface area contributed by atoms with Gasteiger partial charge in [0.15, 0.2) is 0 Å². The highest BCUT2D eigenvalue weighted by atomic mass is 15.0. The lowest BCUT2D eigenvalue weighted by Gasteiger charge is -2.01. The van der Waals surface area contributed by atoms with Crippen molar-refractivity contribution in [2.45, 2.75) is 6.92 Å². The van der Waals surface area contributed by atoms with Gasteiger partial charge in [0.1, 0.15) is 0 Å². The molecule has 1 aromatic carbocycles. The molecule has 0 aliphatic heterocycles. The molecule has 60 valence electrons. The molecule has 0 unspecified atom stereocenters. The zero-order chi connectivity index (χ0) is 8.39. The Morgan fingerprint density at radius 2 is 2.25 bits per heavy atom. The van der Waals surface area contributed by atoms with E-state index in [-0.39, 0.29) is 0 Å². The van der Waals surface area contributed by atoms with E-state index < -0.39 is 0 Å². The lowest BCUT2D eigenvalue weighted by atomic mass is 10.2. The predicted octanol–water partition coefficient (Wildman–Crippen LogP) is 2.18. The van der Waals surface area contributed by atoms with E-state index in [9.17, 15) is 0 Å². The number of nitrogens with zero attached hydrogens (tertiary/aromatic N) is 2. The smallest absolute Gasteiger partial charge is 0.0991 e. The minimum Gasteiger partial charge on any atom is -0.306 e. The first-order chi connectivity index (χ1) is 5.86. The molecule has 2 nitrogen and oxygen atoms in total. The molecule has 0 aliphatic carbocycles. The quantitative estimate of drug-likeness (QED) is 0.622. The summed E-state index contributed by atoms with van der Waals surface area (Å²) in [5, 5.41) is 0. The average Bonchev–Trinajstić information content (AvgIpc) is 2.56. The van der Waals surface area contributed by atoms with E-state index in [1.54, 1.807) is 12.5 Å². The van der Waals surface area contributed by atoms with Gasteiger partial charge in [0, 0.05) is 18.1 Å². The molecule has 0 aliphatic rings. The molecule has 12 heavy (non-hydrogen) atoms. The number of hydrogen-bond donors (Lipinski definition) is 0. The third kappa shape index (κ3) is 1.23. The maximum absolute atomic E-state index is 3.99. The van der Waals surface area contributed by atoms with E-state index in [0.717, 1.165) is 5.69 Å². The first kappa shape index (κ1) is 7.10. The molecule has 0 saturated carbocycles. The van der Waals surface area contributed by atoms with E-state index in [1.807, 2.05) is 16.8 Å². The zero-order valence-electron chi connectivity index (χ0n) is 6.94. The molecule has 0 fully saturated rings. The highest BCUT2D eigenvalue weighted by Gasteiger charge is 1.93. The number of rotatable bonds is 1. The first-order valence-electron chi connectivity index (χ1n) is 3.91. The number of benzene rings is 1. The van der Waals surface area contributed by atoms with Crippen molar-refractivity contribution < 1.29 is 0 Å². The molecule has 2 aromatic rings. The van der Waals surface area contributed by atoms with Gasteiger partial charge >= 0.3 is 0 Å². The second kappa shape index (κ2) is 2.81. The number of hydrogen-bond acceptors (Lipinski definition) is 1. The third-order valence-electron chi connectivity index (χ3n) is 1.80. The van der Waals surface area contributed by atoms with Crippen molar-refractivity contribution in [1.82, 2.24) is 9.55 Å². The minimum atomic E-state index is 1.16. The van der Waals surface area contributed by atoms with Crippen LogP contribution in [0.1, 0.15) is 5.56 Å². The van der Waals surface area contributed by atoms with Crippen LogP contribution >= 0.6 is 0 Å². The molecule has 0 saturated heterocycles. The second-order valence-electron chi connectivity index (χ2n) is 2.81. The highest BCUT2D eigenvalue weighted by Crippen LogP contribution is 2.08. The van der Waals surface area contributed by atoms with Crippen molar-refractivity contribution in [3.63, 3.8) is 0 Å². The van der Waals surface area contributed by atoms with E-state index in [2.05, 4.69) is 30.1 Å². The van der Waals surface area contributed by atoms with Crippen molar-refractivity contribution in [1.29, 1.82) is 0 Å². The number of imidazole rings is 1. The van der Waals surface area contributed by atoms with Crippen LogP contribution in [0, 0.1) is 6.92 Å². The Morgan fingerprint density at radius 3 is 2.92 bits per heavy atom. The Balaban J connectivity index is 2.48. The Hall–Kier alpha value is -1.57. The predicted molar refractivity (Wildman–Crippen MR) is 48.3 cm³/mol. The van der Waals surface area contributed by atoms with Crippen molar-refractivity contribution >= 4 is 0 Å². The number of aryl methyl sites for hydroxylation is 1. The fourth-order valence-corrected chi connectivity index (χ4v) is 1.20. The Bertz CT molecular complexity index is 363. The highest BCUT2D eigenvalue weighted by molar-refractivity contribution is 5.34. The van der Waals surface area contributed by atoms with Crippen molar-refractivity contribution in [3.05, 3.63) is 48.5 Å². The van der Waals surface area contributed by atoms with Gasteiger partial charge in [-0.3, -0.25) is 0 Å². The summed E-state index contributed by atoms with van der Waals surface area (Å²) in [7, 11) is 0. The molecule has 1 aromatic heterocycles. The summed E-state index contributed by atoms with van der Waals surface area (Å²) >= 11 is 0. The topological polar surface area (TPSA) is 17.8 Å². The molecule has 0 amide bonds. The van der Waals surface area contributed by atoms with Crippen LogP contribution in [0.25, 0.3) is 5.69 Å². The van der Waals surface area contributed by atoms with Crippen LogP contribution < -0.4 is 0 Å². The second-order valence-corrected chi connectivity index (χ2v) is 2.81. The van der Waals surface area contributed by atoms with Gasteiger partial charge in [-0.1, -0.05) is 12.1 Å². The van der Waals surface area contributed by atoms with Gasteiger partial charge < -0.3 is 4.57 Å². The molecule has 0 spiro atoms. The van der Waals surface area contributed by atoms with Crippen LogP contribution in [0.2, 0.25) is 0 Å². The Labute approximate surface area is 71.5 Å². The van der Waals surface area contributed by atoms with E-state index in [4.69, 9.17) is 0 Å². The van der Waals surface area contributed by atoms with Crippen molar-refractivity contribution in [2.24, 2.45) is 0 Å². The summed E-state index contributed by atoms with van der Waals surface area (Å²) in [6.45, 7) is 2.08. The maximum Gasteiger partial charge on any atom is 0.0991 e. The van der Waals surface area contributed by atoms with Crippen LogP contribution in [-0.2, 0) is 0 Å². The minimum absolute atomic E-state index is 1.16. The summed E-state index contributed by atoms with van der Waals surface area (Å²) in [5.41, 5.74) is 2.42. The summed E-state index contributed by atoms with van der Waals surface area (Å²) in [4.78, 5) is 3.99. The lowest BCUT2D eigenvalue weighted by Crippen LogP contribution is -1.89. The molecule has 2 heteroatoms. The molecule has 1 heterocycles. The molecule has 0 radical (unpaired) electrons. The van der Waals surface area contributed by atoms with E-state index >= 15 is 0 Å².